The first-order chi connectivity index (χ1) is 7.35. The van der Waals surface area contributed by atoms with E-state index in [9.17, 15) is 0 Å². The van der Waals surface area contributed by atoms with Crippen molar-refractivity contribution in [3.8, 4) is 0 Å². The zero-order valence-electron chi connectivity index (χ0n) is 8.95. The minimum absolute atomic E-state index is 0.453. The van der Waals surface area contributed by atoms with Gasteiger partial charge >= 0.3 is 0 Å². The van der Waals surface area contributed by atoms with Crippen molar-refractivity contribution >= 4 is 11.6 Å². The first-order valence-corrected chi connectivity index (χ1v) is 5.84. The highest BCUT2D eigenvalue weighted by molar-refractivity contribution is 6.16. The smallest absolute Gasteiger partial charge is 0.101 e. The number of halogens is 1. The van der Waals surface area contributed by atoms with E-state index in [1.807, 2.05) is 4.68 Å². The Kier molecular flexibility index (Phi) is 3.59. The molecule has 1 heterocycles. The molecule has 84 valence electrons. The molecule has 0 aromatic carbocycles. The molecule has 1 saturated carbocycles. The Balaban J connectivity index is 2.08. The van der Waals surface area contributed by atoms with Crippen molar-refractivity contribution in [2.75, 3.05) is 13.7 Å². The van der Waals surface area contributed by atoms with E-state index in [4.69, 9.17) is 16.3 Å². The first kappa shape index (κ1) is 10.9. The number of aromatic nitrogens is 3. The third-order valence-corrected chi connectivity index (χ3v) is 2.98. The molecular weight excluding hydrogens is 214 g/mol. The van der Waals surface area contributed by atoms with Crippen LogP contribution >= 0.6 is 11.6 Å². The van der Waals surface area contributed by atoms with Crippen LogP contribution in [0.5, 0.6) is 0 Å². The standard InChI is InChI=1S/C10H16ClN3O/c1-15-5-4-14-10(6-8-2-3-8)9(7-11)12-13-14/h8H,2-7H2,1H3. The van der Waals surface area contributed by atoms with Gasteiger partial charge in [0.05, 0.1) is 24.7 Å². The number of nitrogens with zero attached hydrogens (tertiary/aromatic N) is 3. The zero-order valence-corrected chi connectivity index (χ0v) is 9.70. The van der Waals surface area contributed by atoms with Crippen LogP contribution < -0.4 is 0 Å². The summed E-state index contributed by atoms with van der Waals surface area (Å²) < 4.78 is 6.97. The molecule has 2 rings (SSSR count). The Labute approximate surface area is 94.6 Å². The van der Waals surface area contributed by atoms with Crippen LogP contribution in [0.25, 0.3) is 0 Å². The fraction of sp³-hybridized carbons (Fsp3) is 0.800. The monoisotopic (exact) mass is 229 g/mol. The summed E-state index contributed by atoms with van der Waals surface area (Å²) in [7, 11) is 1.69. The molecule has 0 radical (unpaired) electrons. The van der Waals surface area contributed by atoms with E-state index in [1.165, 1.54) is 18.5 Å². The van der Waals surface area contributed by atoms with Crippen molar-refractivity contribution < 1.29 is 4.74 Å². The molecule has 0 N–H and O–H groups in total. The molecule has 1 aromatic rings. The molecule has 0 amide bonds. The molecule has 1 aliphatic rings. The van der Waals surface area contributed by atoms with E-state index >= 15 is 0 Å². The fourth-order valence-corrected chi connectivity index (χ4v) is 1.86. The number of ether oxygens (including phenoxy) is 1. The van der Waals surface area contributed by atoms with E-state index in [0.717, 1.165) is 24.6 Å². The van der Waals surface area contributed by atoms with E-state index in [2.05, 4.69) is 10.3 Å². The van der Waals surface area contributed by atoms with Crippen molar-refractivity contribution in [3.63, 3.8) is 0 Å². The predicted molar refractivity (Wildman–Crippen MR) is 57.9 cm³/mol. The van der Waals surface area contributed by atoms with Crippen LogP contribution in [0, 0.1) is 5.92 Å². The molecule has 0 unspecified atom stereocenters. The van der Waals surface area contributed by atoms with Gasteiger partial charge < -0.3 is 4.74 Å². The molecule has 0 atom stereocenters. The lowest BCUT2D eigenvalue weighted by Gasteiger charge is -2.05. The summed E-state index contributed by atoms with van der Waals surface area (Å²) in [5.41, 5.74) is 2.13. The molecule has 0 aliphatic heterocycles. The maximum atomic E-state index is 5.84. The summed E-state index contributed by atoms with van der Waals surface area (Å²) in [6, 6.07) is 0. The van der Waals surface area contributed by atoms with Crippen LogP contribution in [0.2, 0.25) is 0 Å². The Hall–Kier alpha value is -0.610. The van der Waals surface area contributed by atoms with Crippen LogP contribution in [0.4, 0.5) is 0 Å². The number of alkyl halides is 1. The SMILES string of the molecule is COCCn1nnc(CCl)c1CC1CC1. The lowest BCUT2D eigenvalue weighted by atomic mass is 10.2. The van der Waals surface area contributed by atoms with Gasteiger partial charge in [-0.05, 0) is 25.2 Å². The molecule has 4 nitrogen and oxygen atoms in total. The number of hydrogen-bond donors (Lipinski definition) is 0. The van der Waals surface area contributed by atoms with Gasteiger partial charge in [0.15, 0.2) is 0 Å². The maximum absolute atomic E-state index is 5.84. The third-order valence-electron chi connectivity index (χ3n) is 2.73. The summed E-state index contributed by atoms with van der Waals surface area (Å²) in [6.07, 6.45) is 3.73. The average molecular weight is 230 g/mol. The summed E-state index contributed by atoms with van der Waals surface area (Å²) in [4.78, 5) is 0. The highest BCUT2D eigenvalue weighted by atomic mass is 35.5. The molecule has 5 heteroatoms. The van der Waals surface area contributed by atoms with Crippen molar-refractivity contribution in [2.24, 2.45) is 5.92 Å². The largest absolute Gasteiger partial charge is 0.383 e. The van der Waals surface area contributed by atoms with Gasteiger partial charge in [-0.2, -0.15) is 0 Å². The van der Waals surface area contributed by atoms with Crippen molar-refractivity contribution in [2.45, 2.75) is 31.7 Å². The van der Waals surface area contributed by atoms with Gasteiger partial charge in [-0.15, -0.1) is 16.7 Å². The Bertz CT molecular complexity index is 322. The average Bonchev–Trinajstić information content (AvgIpc) is 2.97. The van der Waals surface area contributed by atoms with E-state index in [0.29, 0.717) is 12.5 Å². The van der Waals surface area contributed by atoms with Crippen LogP contribution in [-0.2, 0) is 23.6 Å². The maximum Gasteiger partial charge on any atom is 0.101 e. The van der Waals surface area contributed by atoms with E-state index < -0.39 is 0 Å². The molecule has 0 spiro atoms. The van der Waals surface area contributed by atoms with Gasteiger partial charge in [0.25, 0.3) is 0 Å². The summed E-state index contributed by atoms with van der Waals surface area (Å²) in [5, 5.41) is 8.20. The lowest BCUT2D eigenvalue weighted by molar-refractivity contribution is 0.181. The highest BCUT2D eigenvalue weighted by Gasteiger charge is 2.25. The fourth-order valence-electron chi connectivity index (χ4n) is 1.65. The summed E-state index contributed by atoms with van der Waals surface area (Å²) >= 11 is 5.84. The van der Waals surface area contributed by atoms with Gasteiger partial charge in [-0.25, -0.2) is 4.68 Å². The summed E-state index contributed by atoms with van der Waals surface area (Å²) in [6.45, 7) is 1.44. The van der Waals surface area contributed by atoms with Gasteiger partial charge in [0.1, 0.15) is 5.69 Å². The Morgan fingerprint density at radius 2 is 2.33 bits per heavy atom. The molecule has 0 bridgehead atoms. The third kappa shape index (κ3) is 2.69. The molecular formula is C10H16ClN3O. The zero-order chi connectivity index (χ0) is 10.7. The highest BCUT2D eigenvalue weighted by Crippen LogP contribution is 2.33. The molecule has 1 aromatic heterocycles. The quantitative estimate of drug-likeness (QED) is 0.696. The van der Waals surface area contributed by atoms with Gasteiger partial charge in [-0.3, -0.25) is 0 Å². The lowest BCUT2D eigenvalue weighted by Crippen LogP contribution is -2.10. The van der Waals surface area contributed by atoms with Gasteiger partial charge in [0.2, 0.25) is 0 Å². The molecule has 1 aliphatic carbocycles. The minimum atomic E-state index is 0.453. The second kappa shape index (κ2) is 4.94. The van der Waals surface area contributed by atoms with Crippen molar-refractivity contribution in [1.29, 1.82) is 0 Å². The number of methoxy groups -OCH3 is 1. The van der Waals surface area contributed by atoms with E-state index in [-0.39, 0.29) is 0 Å². The number of rotatable bonds is 6. The second-order valence-corrected chi connectivity index (χ2v) is 4.25. The summed E-state index contributed by atoms with van der Waals surface area (Å²) in [5.74, 6) is 1.28. The molecule has 0 saturated heterocycles. The van der Waals surface area contributed by atoms with E-state index in [1.54, 1.807) is 7.11 Å². The van der Waals surface area contributed by atoms with Gasteiger partial charge in [-0.1, -0.05) is 5.21 Å². The second-order valence-electron chi connectivity index (χ2n) is 3.98. The Morgan fingerprint density at radius 3 is 2.93 bits per heavy atom. The molecule has 1 fully saturated rings. The predicted octanol–water partition coefficient (Wildman–Crippen LogP) is 1.62. The minimum Gasteiger partial charge on any atom is -0.383 e. The first-order valence-electron chi connectivity index (χ1n) is 5.31. The topological polar surface area (TPSA) is 39.9 Å². The van der Waals surface area contributed by atoms with Crippen LogP contribution in [-0.4, -0.2) is 28.7 Å². The van der Waals surface area contributed by atoms with Crippen molar-refractivity contribution in [1.82, 2.24) is 15.0 Å². The normalized spacial score (nSPS) is 15.9. The van der Waals surface area contributed by atoms with Crippen LogP contribution in [0.1, 0.15) is 24.2 Å². The Morgan fingerprint density at radius 1 is 1.53 bits per heavy atom. The van der Waals surface area contributed by atoms with Crippen LogP contribution in [0.15, 0.2) is 0 Å². The number of hydrogen-bond acceptors (Lipinski definition) is 3. The van der Waals surface area contributed by atoms with Gasteiger partial charge in [0, 0.05) is 7.11 Å². The molecule has 15 heavy (non-hydrogen) atoms. The van der Waals surface area contributed by atoms with Crippen molar-refractivity contribution in [3.05, 3.63) is 11.4 Å². The van der Waals surface area contributed by atoms with Crippen LogP contribution in [0.3, 0.4) is 0 Å².